The van der Waals surface area contributed by atoms with Gasteiger partial charge in [-0.05, 0) is 34.7 Å². The van der Waals surface area contributed by atoms with Crippen LogP contribution in [0.25, 0.3) is 0 Å². The molecule has 1 aromatic rings. The van der Waals surface area contributed by atoms with E-state index in [9.17, 15) is 0 Å². The van der Waals surface area contributed by atoms with Crippen molar-refractivity contribution in [2.75, 3.05) is 0 Å². The van der Waals surface area contributed by atoms with Crippen LogP contribution in [-0.2, 0) is 13.1 Å². The SMILES string of the molecule is NCc1ccccc1CN(Cl)Cl. The van der Waals surface area contributed by atoms with Crippen molar-refractivity contribution in [1.29, 1.82) is 0 Å². The summed E-state index contributed by atoms with van der Waals surface area (Å²) in [5, 5.41) is 0. The van der Waals surface area contributed by atoms with Gasteiger partial charge >= 0.3 is 0 Å². The van der Waals surface area contributed by atoms with Crippen LogP contribution in [0.5, 0.6) is 0 Å². The topological polar surface area (TPSA) is 29.3 Å². The van der Waals surface area contributed by atoms with Crippen molar-refractivity contribution < 1.29 is 0 Å². The van der Waals surface area contributed by atoms with E-state index >= 15 is 0 Å². The number of benzene rings is 1. The Balaban J connectivity index is 2.82. The quantitative estimate of drug-likeness (QED) is 0.766. The van der Waals surface area contributed by atoms with Gasteiger partial charge in [-0.2, -0.15) is 0 Å². The Kier molecular flexibility index (Phi) is 3.82. The van der Waals surface area contributed by atoms with E-state index in [4.69, 9.17) is 29.3 Å². The first kappa shape index (κ1) is 9.81. The van der Waals surface area contributed by atoms with Crippen LogP contribution in [0.15, 0.2) is 24.3 Å². The smallest absolute Gasteiger partial charge is 0.0557 e. The predicted octanol–water partition coefficient (Wildman–Crippen LogP) is 2.25. The number of nitrogens with zero attached hydrogens (tertiary/aromatic N) is 1. The molecule has 66 valence electrons. The van der Waals surface area contributed by atoms with Crippen molar-refractivity contribution >= 4 is 23.6 Å². The van der Waals surface area contributed by atoms with Gasteiger partial charge in [0.25, 0.3) is 0 Å². The molecule has 0 amide bonds. The fourth-order valence-corrected chi connectivity index (χ4v) is 1.30. The van der Waals surface area contributed by atoms with E-state index in [1.807, 2.05) is 24.3 Å². The number of hydrogen-bond donors (Lipinski definition) is 1. The highest BCUT2D eigenvalue weighted by molar-refractivity contribution is 6.33. The van der Waals surface area contributed by atoms with Gasteiger partial charge in [-0.3, -0.25) is 0 Å². The van der Waals surface area contributed by atoms with Gasteiger partial charge in [-0.15, -0.1) is 3.94 Å². The number of rotatable bonds is 3. The first-order chi connectivity index (χ1) is 5.74. The molecule has 0 aromatic heterocycles. The second-order valence-electron chi connectivity index (χ2n) is 2.43. The van der Waals surface area contributed by atoms with E-state index in [1.165, 1.54) is 0 Å². The highest BCUT2D eigenvalue weighted by Crippen LogP contribution is 2.13. The Morgan fingerprint density at radius 2 is 1.75 bits per heavy atom. The molecular weight excluding hydrogens is 195 g/mol. The molecule has 0 atom stereocenters. The molecule has 0 radical (unpaired) electrons. The van der Waals surface area contributed by atoms with Crippen LogP contribution in [0.1, 0.15) is 11.1 Å². The van der Waals surface area contributed by atoms with Crippen molar-refractivity contribution in [3.63, 3.8) is 0 Å². The van der Waals surface area contributed by atoms with Crippen molar-refractivity contribution in [2.24, 2.45) is 5.73 Å². The highest BCUT2D eigenvalue weighted by atomic mass is 35.5. The van der Waals surface area contributed by atoms with Gasteiger partial charge in [0.1, 0.15) is 0 Å². The summed E-state index contributed by atoms with van der Waals surface area (Å²) in [6.07, 6.45) is 0. The minimum atomic E-state index is 0.497. The minimum absolute atomic E-state index is 0.497. The summed E-state index contributed by atoms with van der Waals surface area (Å²) in [5.41, 5.74) is 7.65. The lowest BCUT2D eigenvalue weighted by Crippen LogP contribution is -2.05. The largest absolute Gasteiger partial charge is 0.326 e. The average Bonchev–Trinajstić information content (AvgIpc) is 2.04. The van der Waals surface area contributed by atoms with E-state index in [2.05, 4.69) is 0 Å². The lowest BCUT2D eigenvalue weighted by molar-refractivity contribution is 0.696. The summed E-state index contributed by atoms with van der Waals surface area (Å²) in [6.45, 7) is 1.01. The van der Waals surface area contributed by atoms with Crippen LogP contribution in [-0.4, -0.2) is 3.94 Å². The number of halogens is 2. The van der Waals surface area contributed by atoms with E-state index in [-0.39, 0.29) is 0 Å². The van der Waals surface area contributed by atoms with E-state index in [1.54, 1.807) is 0 Å². The van der Waals surface area contributed by atoms with Gasteiger partial charge in [0.05, 0.1) is 6.54 Å². The van der Waals surface area contributed by atoms with Gasteiger partial charge in [-0.1, -0.05) is 24.3 Å². The van der Waals surface area contributed by atoms with E-state index in [0.29, 0.717) is 13.1 Å². The van der Waals surface area contributed by atoms with Crippen LogP contribution in [0.3, 0.4) is 0 Å². The Morgan fingerprint density at radius 1 is 1.17 bits per heavy atom. The third-order valence-electron chi connectivity index (χ3n) is 1.63. The molecule has 0 fully saturated rings. The summed E-state index contributed by atoms with van der Waals surface area (Å²) < 4.78 is 1.09. The van der Waals surface area contributed by atoms with Crippen molar-refractivity contribution in [3.8, 4) is 0 Å². The maximum absolute atomic E-state index is 5.52. The molecule has 0 aliphatic heterocycles. The standard InChI is InChI=1S/C8H10Cl2N2/c9-12(10)6-8-4-2-1-3-7(8)5-11/h1-4H,5-6,11H2. The lowest BCUT2D eigenvalue weighted by Gasteiger charge is -2.08. The zero-order valence-electron chi connectivity index (χ0n) is 6.50. The molecule has 1 aromatic carbocycles. The van der Waals surface area contributed by atoms with Crippen LogP contribution in [0, 0.1) is 0 Å². The third kappa shape index (κ3) is 2.64. The number of nitrogens with two attached hydrogens (primary N) is 1. The molecule has 12 heavy (non-hydrogen) atoms. The van der Waals surface area contributed by atoms with E-state index in [0.717, 1.165) is 15.1 Å². The van der Waals surface area contributed by atoms with Gasteiger partial charge in [-0.25, -0.2) is 0 Å². The van der Waals surface area contributed by atoms with Crippen LogP contribution >= 0.6 is 23.6 Å². The molecule has 0 spiro atoms. The van der Waals surface area contributed by atoms with Crippen LogP contribution in [0.4, 0.5) is 0 Å². The lowest BCUT2D eigenvalue weighted by atomic mass is 10.1. The maximum Gasteiger partial charge on any atom is 0.0557 e. The summed E-state index contributed by atoms with van der Waals surface area (Å²) in [6, 6.07) is 7.80. The molecule has 0 unspecified atom stereocenters. The fourth-order valence-electron chi connectivity index (χ4n) is 1.04. The first-order valence-corrected chi connectivity index (χ1v) is 4.27. The Labute approximate surface area is 82.1 Å². The van der Waals surface area contributed by atoms with E-state index < -0.39 is 0 Å². The summed E-state index contributed by atoms with van der Waals surface area (Å²) in [5.74, 6) is 0. The molecule has 0 bridgehead atoms. The molecule has 0 saturated heterocycles. The molecular formula is C8H10Cl2N2. The van der Waals surface area contributed by atoms with Gasteiger partial charge in [0.15, 0.2) is 0 Å². The van der Waals surface area contributed by atoms with Crippen LogP contribution < -0.4 is 5.73 Å². The van der Waals surface area contributed by atoms with Gasteiger partial charge < -0.3 is 5.73 Å². The minimum Gasteiger partial charge on any atom is -0.326 e. The molecule has 2 N–H and O–H groups in total. The van der Waals surface area contributed by atoms with Crippen LogP contribution in [0.2, 0.25) is 0 Å². The van der Waals surface area contributed by atoms with Crippen molar-refractivity contribution in [1.82, 2.24) is 3.94 Å². The molecule has 2 nitrogen and oxygen atoms in total. The fraction of sp³-hybridized carbons (Fsp3) is 0.250. The predicted molar refractivity (Wildman–Crippen MR) is 51.6 cm³/mol. The molecule has 0 aliphatic rings. The highest BCUT2D eigenvalue weighted by Gasteiger charge is 2.02. The average molecular weight is 205 g/mol. The summed E-state index contributed by atoms with van der Waals surface area (Å²) in [4.78, 5) is 0. The van der Waals surface area contributed by atoms with Crippen molar-refractivity contribution in [3.05, 3.63) is 35.4 Å². The maximum atomic E-state index is 5.52. The molecule has 1 rings (SSSR count). The summed E-state index contributed by atoms with van der Waals surface area (Å²) >= 11 is 11.0. The Morgan fingerprint density at radius 3 is 2.25 bits per heavy atom. The zero-order chi connectivity index (χ0) is 8.97. The molecule has 0 saturated carbocycles. The molecule has 0 heterocycles. The molecule has 4 heteroatoms. The normalized spacial score (nSPS) is 10.7. The summed E-state index contributed by atoms with van der Waals surface area (Å²) in [7, 11) is 0. The first-order valence-electron chi connectivity index (χ1n) is 3.60. The monoisotopic (exact) mass is 204 g/mol. The van der Waals surface area contributed by atoms with Gasteiger partial charge in [0.2, 0.25) is 0 Å². The van der Waals surface area contributed by atoms with Gasteiger partial charge in [0, 0.05) is 6.54 Å². The van der Waals surface area contributed by atoms with Crippen molar-refractivity contribution in [2.45, 2.75) is 13.1 Å². The molecule has 0 aliphatic carbocycles. The Hall–Kier alpha value is -0.280. The third-order valence-corrected chi connectivity index (χ3v) is 1.87. The zero-order valence-corrected chi connectivity index (χ0v) is 8.02. The number of hydrogen-bond acceptors (Lipinski definition) is 2. The second-order valence-corrected chi connectivity index (χ2v) is 3.42. The second kappa shape index (κ2) is 4.67. The Bertz CT molecular complexity index is 251.